The lowest BCUT2D eigenvalue weighted by molar-refractivity contribution is -0.135. The zero-order chi connectivity index (χ0) is 14.4. The first-order valence-electron chi connectivity index (χ1n) is 7.29. The molecule has 0 unspecified atom stereocenters. The fourth-order valence-electron chi connectivity index (χ4n) is 2.38. The molecule has 0 saturated carbocycles. The normalized spacial score (nSPS) is 16.4. The third-order valence-corrected chi connectivity index (χ3v) is 3.57. The van der Waals surface area contributed by atoms with Gasteiger partial charge >= 0.3 is 0 Å². The Balaban J connectivity index is 1.95. The van der Waals surface area contributed by atoms with Crippen molar-refractivity contribution in [3.8, 4) is 0 Å². The van der Waals surface area contributed by atoms with E-state index < -0.39 is 0 Å². The number of hydrogen-bond donors (Lipinski definition) is 1. The Hall–Kier alpha value is -1.46. The van der Waals surface area contributed by atoms with Crippen LogP contribution in [0.2, 0.25) is 0 Å². The molecule has 1 aliphatic rings. The minimum Gasteiger partial charge on any atom is -0.333 e. The van der Waals surface area contributed by atoms with Crippen molar-refractivity contribution in [2.45, 2.75) is 26.4 Å². The van der Waals surface area contributed by atoms with Gasteiger partial charge in [0, 0.05) is 38.4 Å². The van der Waals surface area contributed by atoms with E-state index >= 15 is 0 Å². The summed E-state index contributed by atoms with van der Waals surface area (Å²) in [6.45, 7) is 9.03. The average Bonchev–Trinajstić information content (AvgIpc) is 2.46. The third kappa shape index (κ3) is 4.28. The third-order valence-electron chi connectivity index (χ3n) is 3.57. The van der Waals surface area contributed by atoms with E-state index in [0.29, 0.717) is 13.1 Å². The SMILES string of the molecule is CC(C)N(Cc1ccccn1)C(=O)CN1CCNCC1. The molecular weight excluding hydrogens is 252 g/mol. The molecule has 0 aliphatic carbocycles. The van der Waals surface area contributed by atoms with Crippen molar-refractivity contribution in [2.24, 2.45) is 0 Å². The van der Waals surface area contributed by atoms with Gasteiger partial charge in [0.2, 0.25) is 5.91 Å². The van der Waals surface area contributed by atoms with Crippen LogP contribution in [0.1, 0.15) is 19.5 Å². The quantitative estimate of drug-likeness (QED) is 0.861. The lowest BCUT2D eigenvalue weighted by Crippen LogP contribution is -2.49. The maximum absolute atomic E-state index is 12.5. The van der Waals surface area contributed by atoms with Gasteiger partial charge in [-0.3, -0.25) is 14.7 Å². The standard InChI is InChI=1S/C15H24N4O/c1-13(2)19(11-14-5-3-4-6-17-14)15(20)12-18-9-7-16-8-10-18/h3-6,13,16H,7-12H2,1-2H3. The number of aromatic nitrogens is 1. The highest BCUT2D eigenvalue weighted by atomic mass is 16.2. The van der Waals surface area contributed by atoms with E-state index in [1.165, 1.54) is 0 Å². The lowest BCUT2D eigenvalue weighted by Gasteiger charge is -2.31. The fraction of sp³-hybridized carbons (Fsp3) is 0.600. The van der Waals surface area contributed by atoms with Crippen molar-refractivity contribution in [3.63, 3.8) is 0 Å². The highest BCUT2D eigenvalue weighted by molar-refractivity contribution is 5.78. The topological polar surface area (TPSA) is 48.5 Å². The molecule has 110 valence electrons. The van der Waals surface area contributed by atoms with Crippen molar-refractivity contribution >= 4 is 5.91 Å². The van der Waals surface area contributed by atoms with Crippen LogP contribution in [-0.2, 0) is 11.3 Å². The monoisotopic (exact) mass is 276 g/mol. The molecule has 1 saturated heterocycles. The molecule has 0 spiro atoms. The minimum absolute atomic E-state index is 0.187. The molecule has 1 amide bonds. The van der Waals surface area contributed by atoms with Gasteiger partial charge < -0.3 is 10.2 Å². The van der Waals surface area contributed by atoms with E-state index in [9.17, 15) is 4.79 Å². The van der Waals surface area contributed by atoms with Crippen LogP contribution < -0.4 is 5.32 Å². The summed E-state index contributed by atoms with van der Waals surface area (Å²) in [5.74, 6) is 0.188. The molecule has 5 heteroatoms. The predicted octanol–water partition coefficient (Wildman–Crippen LogP) is 0.724. The summed E-state index contributed by atoms with van der Waals surface area (Å²) in [5.41, 5.74) is 0.940. The molecule has 1 fully saturated rings. The van der Waals surface area contributed by atoms with Crippen molar-refractivity contribution in [1.82, 2.24) is 20.1 Å². The van der Waals surface area contributed by atoms with Crippen molar-refractivity contribution in [1.29, 1.82) is 0 Å². The molecule has 2 rings (SSSR count). The Morgan fingerprint density at radius 1 is 1.40 bits per heavy atom. The molecule has 1 aromatic heterocycles. The highest BCUT2D eigenvalue weighted by Crippen LogP contribution is 2.07. The molecule has 0 bridgehead atoms. The Morgan fingerprint density at radius 2 is 2.15 bits per heavy atom. The Kier molecular flexibility index (Phi) is 5.49. The van der Waals surface area contributed by atoms with Crippen LogP contribution in [0.3, 0.4) is 0 Å². The van der Waals surface area contributed by atoms with Gasteiger partial charge in [-0.05, 0) is 26.0 Å². The average molecular weight is 276 g/mol. The Labute approximate surface area is 121 Å². The molecule has 1 N–H and O–H groups in total. The van der Waals surface area contributed by atoms with Gasteiger partial charge in [0.25, 0.3) is 0 Å². The van der Waals surface area contributed by atoms with Crippen LogP contribution >= 0.6 is 0 Å². The van der Waals surface area contributed by atoms with Gasteiger partial charge in [-0.2, -0.15) is 0 Å². The number of hydrogen-bond acceptors (Lipinski definition) is 4. The van der Waals surface area contributed by atoms with Gasteiger partial charge in [0.1, 0.15) is 0 Å². The summed E-state index contributed by atoms with van der Waals surface area (Å²) in [6.07, 6.45) is 1.77. The van der Waals surface area contributed by atoms with Crippen LogP contribution in [0, 0.1) is 0 Å². The summed E-state index contributed by atoms with van der Waals surface area (Å²) in [5, 5.41) is 3.30. The van der Waals surface area contributed by atoms with Gasteiger partial charge in [0.15, 0.2) is 0 Å². The number of nitrogens with one attached hydrogen (secondary N) is 1. The molecule has 0 atom stereocenters. The van der Waals surface area contributed by atoms with E-state index in [-0.39, 0.29) is 11.9 Å². The molecule has 20 heavy (non-hydrogen) atoms. The summed E-state index contributed by atoms with van der Waals surface area (Å²) in [4.78, 5) is 20.9. The fourth-order valence-corrected chi connectivity index (χ4v) is 2.38. The summed E-state index contributed by atoms with van der Waals surface area (Å²) < 4.78 is 0. The lowest BCUT2D eigenvalue weighted by atomic mass is 10.2. The zero-order valence-electron chi connectivity index (χ0n) is 12.4. The van der Waals surface area contributed by atoms with Gasteiger partial charge in [-0.25, -0.2) is 0 Å². The minimum atomic E-state index is 0.187. The molecule has 0 aromatic carbocycles. The van der Waals surface area contributed by atoms with Gasteiger partial charge in [-0.1, -0.05) is 6.07 Å². The van der Waals surface area contributed by atoms with Crippen LogP contribution in [0.25, 0.3) is 0 Å². The molecule has 5 nitrogen and oxygen atoms in total. The van der Waals surface area contributed by atoms with Crippen LogP contribution in [0.15, 0.2) is 24.4 Å². The van der Waals surface area contributed by atoms with Crippen LogP contribution in [0.4, 0.5) is 0 Å². The first-order chi connectivity index (χ1) is 9.66. The molecular formula is C15H24N4O. The number of amides is 1. The number of carbonyl (C=O) groups is 1. The highest BCUT2D eigenvalue weighted by Gasteiger charge is 2.21. The summed E-state index contributed by atoms with van der Waals surface area (Å²) in [7, 11) is 0. The molecule has 0 radical (unpaired) electrons. The van der Waals surface area contributed by atoms with Crippen molar-refractivity contribution in [2.75, 3.05) is 32.7 Å². The first kappa shape index (κ1) is 14.9. The molecule has 1 aliphatic heterocycles. The van der Waals surface area contributed by atoms with Gasteiger partial charge in [-0.15, -0.1) is 0 Å². The van der Waals surface area contributed by atoms with E-state index in [4.69, 9.17) is 0 Å². The van der Waals surface area contributed by atoms with E-state index in [1.54, 1.807) is 6.20 Å². The van der Waals surface area contributed by atoms with E-state index in [2.05, 4.69) is 29.0 Å². The Bertz CT molecular complexity index is 415. The smallest absolute Gasteiger partial charge is 0.237 e. The van der Waals surface area contributed by atoms with Crippen LogP contribution in [-0.4, -0.2) is 59.5 Å². The summed E-state index contributed by atoms with van der Waals surface area (Å²) >= 11 is 0. The van der Waals surface area contributed by atoms with Crippen molar-refractivity contribution < 1.29 is 4.79 Å². The molecule has 2 heterocycles. The largest absolute Gasteiger partial charge is 0.333 e. The maximum atomic E-state index is 12.5. The predicted molar refractivity (Wildman–Crippen MR) is 79.2 cm³/mol. The second kappa shape index (κ2) is 7.36. The maximum Gasteiger partial charge on any atom is 0.237 e. The van der Waals surface area contributed by atoms with Gasteiger partial charge in [0.05, 0.1) is 18.8 Å². The second-order valence-electron chi connectivity index (χ2n) is 5.46. The van der Waals surface area contributed by atoms with E-state index in [1.807, 2.05) is 23.1 Å². The van der Waals surface area contributed by atoms with Crippen LogP contribution in [0.5, 0.6) is 0 Å². The van der Waals surface area contributed by atoms with Crippen molar-refractivity contribution in [3.05, 3.63) is 30.1 Å². The molecule has 1 aromatic rings. The van der Waals surface area contributed by atoms with E-state index in [0.717, 1.165) is 31.9 Å². The number of rotatable bonds is 5. The zero-order valence-corrected chi connectivity index (χ0v) is 12.4. The Morgan fingerprint density at radius 3 is 2.75 bits per heavy atom. The second-order valence-corrected chi connectivity index (χ2v) is 5.46. The first-order valence-corrected chi connectivity index (χ1v) is 7.29. The number of nitrogens with zero attached hydrogens (tertiary/aromatic N) is 3. The summed E-state index contributed by atoms with van der Waals surface area (Å²) in [6, 6.07) is 6.01. The number of pyridine rings is 1. The number of carbonyl (C=O) groups excluding carboxylic acids is 1. The number of piperazine rings is 1.